The van der Waals surface area contributed by atoms with Crippen LogP contribution < -0.4 is 9.47 Å². The Bertz CT molecular complexity index is 725. The van der Waals surface area contributed by atoms with Gasteiger partial charge in [0.05, 0.1) is 34.0 Å². The van der Waals surface area contributed by atoms with Gasteiger partial charge in [-0.2, -0.15) is 0 Å². The van der Waals surface area contributed by atoms with Crippen molar-refractivity contribution >= 4 is 30.7 Å². The fraction of sp³-hybridized carbons (Fsp3) is 0.667. The smallest absolute Gasteiger partial charge is 0.237 e. The second-order valence-electron chi connectivity index (χ2n) is 7.79. The van der Waals surface area contributed by atoms with Crippen LogP contribution in [0, 0.1) is 0 Å². The molecule has 176 valence electrons. The molecule has 0 radical (unpaired) electrons. The minimum Gasteiger partial charge on any atom is -0.493 e. The molecule has 2 saturated heterocycles. The molecule has 2 fully saturated rings. The molecule has 0 bridgehead atoms. The first-order chi connectivity index (χ1) is 14.2. The summed E-state index contributed by atoms with van der Waals surface area (Å²) >= 11 is 0. The molecule has 1 aromatic rings. The molecule has 1 amide bonds. The average Bonchev–Trinajstić information content (AvgIpc) is 3.26. The summed E-state index contributed by atoms with van der Waals surface area (Å²) in [5.41, 5.74) is 2.38. The lowest BCUT2D eigenvalue weighted by Crippen LogP contribution is -2.51. The van der Waals surface area contributed by atoms with Crippen LogP contribution in [0.25, 0.3) is 0 Å². The van der Waals surface area contributed by atoms with Gasteiger partial charge in [-0.3, -0.25) is 14.6 Å². The fourth-order valence-corrected chi connectivity index (χ4v) is 4.24. The highest BCUT2D eigenvalue weighted by molar-refractivity contribution is 5.85. The molecule has 0 aromatic heterocycles. The maximum atomic E-state index is 12.9. The number of hydrogen-bond donors (Lipinski definition) is 0. The van der Waals surface area contributed by atoms with Crippen molar-refractivity contribution in [2.24, 2.45) is 0 Å². The monoisotopic (exact) mass is 477 g/mol. The molecular formula is C21H33Cl2N3O5. The number of rotatable bonds is 6. The minimum atomic E-state index is -0.0905. The first-order valence-corrected chi connectivity index (χ1v) is 10.4. The number of amides is 1. The number of methoxy groups -OCH3 is 2. The zero-order valence-corrected chi connectivity index (χ0v) is 19.8. The summed E-state index contributed by atoms with van der Waals surface area (Å²) in [6.07, 6.45) is 0.753. The van der Waals surface area contributed by atoms with Gasteiger partial charge in [-0.15, -0.1) is 24.8 Å². The standard InChI is InChI=1S/C21H31N3O5.2ClH/c1-26-18-11-16-3-4-24(13-17(16)12-19(18)27-2)20(25)14-22-5-7-23(8-6-22)15-21-28-9-10-29-21;;/h11-12,21H,3-10,13-15H2,1-2H3;2*1H. The van der Waals surface area contributed by atoms with E-state index in [2.05, 4.69) is 9.80 Å². The highest BCUT2D eigenvalue weighted by Crippen LogP contribution is 2.33. The molecular weight excluding hydrogens is 445 g/mol. The van der Waals surface area contributed by atoms with Gasteiger partial charge in [0.1, 0.15) is 0 Å². The van der Waals surface area contributed by atoms with E-state index in [1.54, 1.807) is 14.2 Å². The molecule has 0 N–H and O–H groups in total. The van der Waals surface area contributed by atoms with Crippen LogP contribution in [0.5, 0.6) is 11.5 Å². The van der Waals surface area contributed by atoms with Crippen molar-refractivity contribution in [1.29, 1.82) is 0 Å². The van der Waals surface area contributed by atoms with Gasteiger partial charge < -0.3 is 23.8 Å². The first kappa shape index (κ1) is 26.0. The molecule has 0 aliphatic carbocycles. The Morgan fingerprint density at radius 1 is 0.935 bits per heavy atom. The quantitative estimate of drug-likeness (QED) is 0.613. The number of nitrogens with zero attached hydrogens (tertiary/aromatic N) is 3. The third kappa shape index (κ3) is 6.37. The van der Waals surface area contributed by atoms with E-state index in [0.717, 1.165) is 57.0 Å². The molecule has 8 nitrogen and oxygen atoms in total. The number of hydrogen-bond acceptors (Lipinski definition) is 7. The second kappa shape index (κ2) is 12.1. The normalized spacial score (nSPS) is 19.9. The van der Waals surface area contributed by atoms with Crippen LogP contribution in [-0.2, 0) is 27.2 Å². The molecule has 0 spiro atoms. The van der Waals surface area contributed by atoms with E-state index < -0.39 is 0 Å². The van der Waals surface area contributed by atoms with Crippen molar-refractivity contribution in [2.75, 3.05) is 73.2 Å². The number of piperazine rings is 1. The zero-order chi connectivity index (χ0) is 20.2. The van der Waals surface area contributed by atoms with E-state index >= 15 is 0 Å². The lowest BCUT2D eigenvalue weighted by molar-refractivity contribution is -0.134. The van der Waals surface area contributed by atoms with E-state index in [1.807, 2.05) is 17.0 Å². The third-order valence-corrected chi connectivity index (χ3v) is 5.99. The lowest BCUT2D eigenvalue weighted by Gasteiger charge is -2.36. The second-order valence-corrected chi connectivity index (χ2v) is 7.79. The lowest BCUT2D eigenvalue weighted by atomic mass is 9.98. The Morgan fingerprint density at radius 2 is 1.52 bits per heavy atom. The number of halogens is 2. The van der Waals surface area contributed by atoms with Crippen LogP contribution in [-0.4, -0.2) is 100 Å². The van der Waals surface area contributed by atoms with Gasteiger partial charge in [-0.1, -0.05) is 0 Å². The molecule has 3 heterocycles. The number of ether oxygens (including phenoxy) is 4. The number of fused-ring (bicyclic) bond motifs is 1. The highest BCUT2D eigenvalue weighted by atomic mass is 35.5. The Balaban J connectivity index is 0.00000171. The van der Waals surface area contributed by atoms with Gasteiger partial charge in [-0.05, 0) is 29.7 Å². The van der Waals surface area contributed by atoms with Crippen molar-refractivity contribution in [1.82, 2.24) is 14.7 Å². The van der Waals surface area contributed by atoms with E-state index in [1.165, 1.54) is 5.56 Å². The molecule has 31 heavy (non-hydrogen) atoms. The molecule has 1 aromatic carbocycles. The van der Waals surface area contributed by atoms with Crippen LogP contribution in [0.3, 0.4) is 0 Å². The summed E-state index contributed by atoms with van der Waals surface area (Å²) in [6.45, 7) is 7.73. The summed E-state index contributed by atoms with van der Waals surface area (Å²) in [6, 6.07) is 4.03. The zero-order valence-electron chi connectivity index (χ0n) is 18.2. The fourth-order valence-electron chi connectivity index (χ4n) is 4.24. The number of carbonyl (C=O) groups excluding carboxylic acids is 1. The summed E-state index contributed by atoms with van der Waals surface area (Å²) in [5.74, 6) is 1.66. The van der Waals surface area contributed by atoms with Crippen LogP contribution in [0.1, 0.15) is 11.1 Å². The molecule has 3 aliphatic rings. The summed E-state index contributed by atoms with van der Waals surface area (Å²) < 4.78 is 21.9. The maximum absolute atomic E-state index is 12.9. The molecule has 0 saturated carbocycles. The van der Waals surface area contributed by atoms with Gasteiger partial charge >= 0.3 is 0 Å². The van der Waals surface area contributed by atoms with Crippen molar-refractivity contribution in [3.63, 3.8) is 0 Å². The van der Waals surface area contributed by atoms with E-state index in [0.29, 0.717) is 32.1 Å². The van der Waals surface area contributed by atoms with Crippen LogP contribution in [0.4, 0.5) is 0 Å². The Hall–Kier alpha value is -1.29. The Kier molecular flexibility index (Phi) is 10.1. The Morgan fingerprint density at radius 3 is 2.13 bits per heavy atom. The van der Waals surface area contributed by atoms with Gasteiger partial charge in [-0.25, -0.2) is 0 Å². The van der Waals surface area contributed by atoms with Gasteiger partial charge in [0.15, 0.2) is 17.8 Å². The van der Waals surface area contributed by atoms with Crippen LogP contribution >= 0.6 is 24.8 Å². The highest BCUT2D eigenvalue weighted by Gasteiger charge is 2.27. The molecule has 0 unspecified atom stereocenters. The van der Waals surface area contributed by atoms with E-state index in [4.69, 9.17) is 18.9 Å². The predicted octanol–water partition coefficient (Wildman–Crippen LogP) is 1.42. The number of benzene rings is 1. The molecule has 10 heteroatoms. The van der Waals surface area contributed by atoms with Gasteiger partial charge in [0.2, 0.25) is 5.91 Å². The number of carbonyl (C=O) groups is 1. The molecule has 3 aliphatic heterocycles. The van der Waals surface area contributed by atoms with Crippen molar-refractivity contribution in [3.8, 4) is 11.5 Å². The summed E-state index contributed by atoms with van der Waals surface area (Å²) in [7, 11) is 3.29. The maximum Gasteiger partial charge on any atom is 0.237 e. The van der Waals surface area contributed by atoms with Crippen molar-refractivity contribution in [2.45, 2.75) is 19.3 Å². The average molecular weight is 478 g/mol. The van der Waals surface area contributed by atoms with Gasteiger partial charge in [0.25, 0.3) is 0 Å². The first-order valence-electron chi connectivity index (χ1n) is 10.4. The molecule has 4 rings (SSSR count). The SMILES string of the molecule is COc1cc2c(cc1OC)CN(C(=O)CN1CCN(CC3OCCO3)CC1)CC2.Cl.Cl. The van der Waals surface area contributed by atoms with Crippen LogP contribution in [0.15, 0.2) is 12.1 Å². The van der Waals surface area contributed by atoms with Gasteiger partial charge in [0, 0.05) is 45.8 Å². The molecule has 0 atom stereocenters. The van der Waals surface area contributed by atoms with Crippen molar-refractivity contribution < 1.29 is 23.7 Å². The van der Waals surface area contributed by atoms with Crippen molar-refractivity contribution in [3.05, 3.63) is 23.3 Å². The largest absolute Gasteiger partial charge is 0.493 e. The Labute approximate surface area is 196 Å². The summed E-state index contributed by atoms with van der Waals surface area (Å²) in [5, 5.41) is 0. The van der Waals surface area contributed by atoms with Crippen LogP contribution in [0.2, 0.25) is 0 Å². The topological polar surface area (TPSA) is 63.7 Å². The van der Waals surface area contributed by atoms with E-state index in [9.17, 15) is 4.79 Å². The third-order valence-electron chi connectivity index (χ3n) is 5.99. The van der Waals surface area contributed by atoms with E-state index in [-0.39, 0.29) is 37.0 Å². The minimum absolute atomic E-state index is 0. The predicted molar refractivity (Wildman–Crippen MR) is 122 cm³/mol. The summed E-state index contributed by atoms with van der Waals surface area (Å²) in [4.78, 5) is 19.5.